The number of hydrogen-bond donors (Lipinski definition) is 0. The summed E-state index contributed by atoms with van der Waals surface area (Å²) in [6.45, 7) is 1.30. The van der Waals surface area contributed by atoms with Crippen LogP contribution in [0.15, 0.2) is 57.7 Å². The first-order valence-corrected chi connectivity index (χ1v) is 10.3. The molecule has 140 valence electrons. The lowest BCUT2D eigenvalue weighted by molar-refractivity contribution is -0.131. The minimum Gasteiger partial charge on any atom is -0.408 e. The minimum absolute atomic E-state index is 0.00271. The van der Waals surface area contributed by atoms with Crippen LogP contribution in [0.3, 0.4) is 0 Å². The highest BCUT2D eigenvalue weighted by molar-refractivity contribution is 7.99. The zero-order valence-corrected chi connectivity index (χ0v) is 16.2. The molecule has 0 unspecified atom stereocenters. The zero-order valence-electron chi connectivity index (χ0n) is 14.6. The fourth-order valence-corrected chi connectivity index (χ4v) is 5.00. The maximum absolute atomic E-state index is 12.8. The summed E-state index contributed by atoms with van der Waals surface area (Å²) in [4.78, 5) is 26.8. The second kappa shape index (κ2) is 7.82. The number of thioether (sulfide) groups is 1. The molecule has 1 fully saturated rings. The summed E-state index contributed by atoms with van der Waals surface area (Å²) in [5.74, 6) is 0.273. The van der Waals surface area contributed by atoms with Crippen molar-refractivity contribution in [2.75, 3.05) is 18.8 Å². The van der Waals surface area contributed by atoms with Crippen LogP contribution in [0.4, 0.5) is 0 Å². The van der Waals surface area contributed by atoms with E-state index in [1.165, 1.54) is 4.57 Å². The molecule has 5 nitrogen and oxygen atoms in total. The molecule has 0 saturated carbocycles. The van der Waals surface area contributed by atoms with Gasteiger partial charge in [-0.15, -0.1) is 0 Å². The molecule has 0 spiro atoms. The molecule has 1 amide bonds. The number of amides is 1. The van der Waals surface area contributed by atoms with Crippen molar-refractivity contribution in [3.8, 4) is 0 Å². The molecular weight excluding hydrogens is 384 g/mol. The number of benzene rings is 2. The first-order chi connectivity index (χ1) is 13.1. The lowest BCUT2D eigenvalue weighted by atomic mass is 10.1. The Labute approximate surface area is 165 Å². The average molecular weight is 403 g/mol. The minimum atomic E-state index is -0.498. The van der Waals surface area contributed by atoms with Gasteiger partial charge in [0.05, 0.1) is 5.52 Å². The van der Waals surface area contributed by atoms with Gasteiger partial charge in [-0.05, 0) is 30.2 Å². The van der Waals surface area contributed by atoms with E-state index in [4.69, 9.17) is 16.0 Å². The number of rotatable bonds is 3. The molecule has 3 aromatic rings. The van der Waals surface area contributed by atoms with Crippen LogP contribution in [0, 0.1) is 0 Å². The van der Waals surface area contributed by atoms with Crippen LogP contribution in [-0.2, 0) is 11.3 Å². The third-order valence-corrected chi connectivity index (χ3v) is 6.47. The highest BCUT2D eigenvalue weighted by Crippen LogP contribution is 2.37. The molecule has 1 saturated heterocycles. The van der Waals surface area contributed by atoms with Crippen LogP contribution in [0.2, 0.25) is 5.02 Å². The Hall–Kier alpha value is -2.18. The number of halogens is 1. The van der Waals surface area contributed by atoms with Crippen molar-refractivity contribution in [3.05, 3.63) is 69.7 Å². The number of aromatic nitrogens is 1. The topological polar surface area (TPSA) is 55.5 Å². The number of carbonyl (C=O) groups is 1. The van der Waals surface area contributed by atoms with Gasteiger partial charge in [-0.3, -0.25) is 9.36 Å². The van der Waals surface area contributed by atoms with Crippen molar-refractivity contribution < 1.29 is 9.21 Å². The third-order valence-electron chi connectivity index (χ3n) is 4.81. The van der Waals surface area contributed by atoms with Gasteiger partial charge in [0, 0.05) is 29.1 Å². The van der Waals surface area contributed by atoms with Crippen LogP contribution < -0.4 is 5.76 Å². The Morgan fingerprint density at radius 2 is 1.93 bits per heavy atom. The molecule has 0 aliphatic carbocycles. The summed E-state index contributed by atoms with van der Waals surface area (Å²) >= 11 is 8.16. The first kappa shape index (κ1) is 18.2. The molecule has 2 heterocycles. The monoisotopic (exact) mass is 402 g/mol. The average Bonchev–Trinajstić information content (AvgIpc) is 2.84. The Kier molecular flexibility index (Phi) is 5.27. The highest BCUT2D eigenvalue weighted by atomic mass is 35.5. The Balaban J connectivity index is 1.48. The van der Waals surface area contributed by atoms with E-state index < -0.39 is 5.76 Å². The fourth-order valence-electron chi connectivity index (χ4n) is 3.40. The molecule has 0 N–H and O–H groups in total. The van der Waals surface area contributed by atoms with Crippen LogP contribution in [0.1, 0.15) is 17.2 Å². The lowest BCUT2D eigenvalue weighted by Crippen LogP contribution is -2.37. The number of carbonyl (C=O) groups excluding carboxylic acids is 1. The van der Waals surface area contributed by atoms with Crippen molar-refractivity contribution in [1.82, 2.24) is 9.47 Å². The van der Waals surface area contributed by atoms with Crippen LogP contribution in [0.5, 0.6) is 0 Å². The molecular formula is C20H19ClN2O3S. The summed E-state index contributed by atoms with van der Waals surface area (Å²) in [5.41, 5.74) is 2.27. The zero-order chi connectivity index (χ0) is 18.8. The summed E-state index contributed by atoms with van der Waals surface area (Å²) in [5, 5.41) is 1.04. The van der Waals surface area contributed by atoms with Crippen molar-refractivity contribution in [2.45, 2.75) is 18.2 Å². The van der Waals surface area contributed by atoms with Gasteiger partial charge in [0.15, 0.2) is 5.58 Å². The van der Waals surface area contributed by atoms with E-state index in [1.807, 2.05) is 40.9 Å². The maximum atomic E-state index is 12.8. The maximum Gasteiger partial charge on any atom is 0.420 e. The molecule has 1 atom stereocenters. The van der Waals surface area contributed by atoms with Gasteiger partial charge in [0.1, 0.15) is 6.54 Å². The summed E-state index contributed by atoms with van der Waals surface area (Å²) in [6, 6.07) is 15.0. The van der Waals surface area contributed by atoms with Gasteiger partial charge in [0.25, 0.3) is 0 Å². The van der Waals surface area contributed by atoms with E-state index in [0.29, 0.717) is 24.2 Å². The predicted molar refractivity (Wildman–Crippen MR) is 108 cm³/mol. The number of hydrogen-bond acceptors (Lipinski definition) is 4. The number of fused-ring (bicyclic) bond motifs is 1. The van der Waals surface area contributed by atoms with E-state index >= 15 is 0 Å². The molecule has 0 radical (unpaired) electrons. The van der Waals surface area contributed by atoms with Crippen LogP contribution in [0.25, 0.3) is 11.1 Å². The van der Waals surface area contributed by atoms with Crippen LogP contribution >= 0.6 is 23.4 Å². The van der Waals surface area contributed by atoms with E-state index in [1.54, 1.807) is 18.2 Å². The van der Waals surface area contributed by atoms with Gasteiger partial charge in [-0.25, -0.2) is 4.79 Å². The standard InChI is InChI=1S/C20H19ClN2O3S/c21-15-6-2-1-5-14(15)18-9-10-22(11-12-27-18)19(24)13-23-16-7-3-4-8-17(16)26-20(23)25/h1-8,18H,9-13H2/t18-/m1/s1. The second-order valence-electron chi connectivity index (χ2n) is 6.47. The summed E-state index contributed by atoms with van der Waals surface area (Å²) < 4.78 is 6.62. The fraction of sp³-hybridized carbons (Fsp3) is 0.300. The quantitative estimate of drug-likeness (QED) is 0.665. The predicted octanol–water partition coefficient (Wildman–Crippen LogP) is 3.95. The normalized spacial score (nSPS) is 17.8. The largest absolute Gasteiger partial charge is 0.420 e. The highest BCUT2D eigenvalue weighted by Gasteiger charge is 2.24. The van der Waals surface area contributed by atoms with Crippen molar-refractivity contribution in [3.63, 3.8) is 0 Å². The van der Waals surface area contributed by atoms with Gasteiger partial charge >= 0.3 is 5.76 Å². The van der Waals surface area contributed by atoms with E-state index in [0.717, 1.165) is 22.8 Å². The SMILES string of the molecule is O=C(Cn1c(=O)oc2ccccc21)N1CCS[C@@H](c2ccccc2Cl)CC1. The molecule has 7 heteroatoms. The van der Waals surface area contributed by atoms with E-state index in [2.05, 4.69) is 6.07 Å². The van der Waals surface area contributed by atoms with Gasteiger partial charge < -0.3 is 9.32 Å². The van der Waals surface area contributed by atoms with E-state index in [-0.39, 0.29) is 17.7 Å². The molecule has 4 rings (SSSR count). The number of para-hydroxylation sites is 2. The Morgan fingerprint density at radius 1 is 1.15 bits per heavy atom. The third kappa shape index (κ3) is 3.77. The molecule has 27 heavy (non-hydrogen) atoms. The molecule has 2 aromatic carbocycles. The lowest BCUT2D eigenvalue weighted by Gasteiger charge is -2.20. The summed E-state index contributed by atoms with van der Waals surface area (Å²) in [6.07, 6.45) is 0.834. The van der Waals surface area contributed by atoms with Crippen molar-refractivity contribution in [2.24, 2.45) is 0 Å². The molecule has 0 bridgehead atoms. The van der Waals surface area contributed by atoms with Crippen LogP contribution in [-0.4, -0.2) is 34.2 Å². The van der Waals surface area contributed by atoms with Gasteiger partial charge in [-0.2, -0.15) is 11.8 Å². The number of oxazole rings is 1. The summed E-state index contributed by atoms with van der Waals surface area (Å²) in [7, 11) is 0. The van der Waals surface area contributed by atoms with E-state index in [9.17, 15) is 9.59 Å². The molecule has 1 aliphatic rings. The second-order valence-corrected chi connectivity index (χ2v) is 8.19. The Bertz CT molecular complexity index is 1030. The van der Waals surface area contributed by atoms with Crippen molar-refractivity contribution >= 4 is 40.4 Å². The first-order valence-electron chi connectivity index (χ1n) is 8.85. The smallest absolute Gasteiger partial charge is 0.408 e. The van der Waals surface area contributed by atoms with Gasteiger partial charge in [0.2, 0.25) is 5.91 Å². The molecule has 1 aliphatic heterocycles. The Morgan fingerprint density at radius 3 is 2.78 bits per heavy atom. The van der Waals surface area contributed by atoms with Gasteiger partial charge in [-0.1, -0.05) is 41.9 Å². The number of nitrogens with zero attached hydrogens (tertiary/aromatic N) is 2. The molecule has 1 aromatic heterocycles. The van der Waals surface area contributed by atoms with Crippen molar-refractivity contribution in [1.29, 1.82) is 0 Å².